The molecule has 0 aliphatic heterocycles. The van der Waals surface area contributed by atoms with E-state index in [2.05, 4.69) is 23.6 Å². The van der Waals surface area contributed by atoms with Crippen molar-refractivity contribution in [3.63, 3.8) is 0 Å². The van der Waals surface area contributed by atoms with Gasteiger partial charge in [-0.25, -0.2) is 4.79 Å². The van der Waals surface area contributed by atoms with Crippen LogP contribution < -0.4 is 10.6 Å². The first kappa shape index (κ1) is 12.8. The first-order valence-corrected chi connectivity index (χ1v) is 5.97. The summed E-state index contributed by atoms with van der Waals surface area (Å²) in [5.74, 6) is 0.663. The van der Waals surface area contributed by atoms with Crippen LogP contribution in [-0.2, 0) is 0 Å². The molecule has 0 saturated heterocycles. The first-order chi connectivity index (χ1) is 7.47. The van der Waals surface area contributed by atoms with Gasteiger partial charge in [0.2, 0.25) is 0 Å². The molecule has 2 amide bonds. The molecule has 0 atom stereocenters. The number of carbonyl (C=O) groups excluding carboxylic acids is 1. The summed E-state index contributed by atoms with van der Waals surface area (Å²) in [5.41, 5.74) is -0.647. The quantitative estimate of drug-likeness (QED) is 0.753. The molecule has 90 valence electrons. The van der Waals surface area contributed by atoms with Crippen LogP contribution in [0.5, 0.6) is 0 Å². The van der Waals surface area contributed by atoms with E-state index in [1.807, 2.05) is 13.8 Å². The Bertz CT molecular complexity index is 285. The van der Waals surface area contributed by atoms with E-state index in [1.54, 1.807) is 0 Å². The maximum Gasteiger partial charge on any atom is 0.316 e. The number of amides is 2. The van der Waals surface area contributed by atoms with Crippen LogP contribution in [0.1, 0.15) is 46.5 Å². The summed E-state index contributed by atoms with van der Waals surface area (Å²) in [7, 11) is 0. The predicted octanol–water partition coefficient (Wildman–Crippen LogP) is 2.17. The fraction of sp³-hybridized carbons (Fsp3) is 0.833. The van der Waals surface area contributed by atoms with Gasteiger partial charge in [0.25, 0.3) is 0 Å². The molecule has 1 fully saturated rings. The van der Waals surface area contributed by atoms with E-state index >= 15 is 0 Å². The van der Waals surface area contributed by atoms with E-state index in [-0.39, 0.29) is 12.1 Å². The van der Waals surface area contributed by atoms with Crippen LogP contribution in [-0.4, -0.2) is 17.6 Å². The Kier molecular flexibility index (Phi) is 4.17. The Morgan fingerprint density at radius 1 is 1.44 bits per heavy atom. The molecule has 1 saturated carbocycles. The van der Waals surface area contributed by atoms with Gasteiger partial charge >= 0.3 is 6.03 Å². The molecule has 1 rings (SSSR count). The monoisotopic (exact) mass is 223 g/mol. The molecule has 0 radical (unpaired) electrons. The van der Waals surface area contributed by atoms with Gasteiger partial charge in [-0.2, -0.15) is 5.26 Å². The van der Waals surface area contributed by atoms with Gasteiger partial charge in [0.05, 0.1) is 6.07 Å². The lowest BCUT2D eigenvalue weighted by Crippen LogP contribution is -2.54. The molecule has 0 aromatic rings. The van der Waals surface area contributed by atoms with Crippen molar-refractivity contribution in [1.29, 1.82) is 5.26 Å². The summed E-state index contributed by atoms with van der Waals surface area (Å²) in [5, 5.41) is 14.8. The number of hydrogen-bond donors (Lipinski definition) is 2. The van der Waals surface area contributed by atoms with Crippen LogP contribution in [0.3, 0.4) is 0 Å². The molecule has 1 aliphatic carbocycles. The summed E-state index contributed by atoms with van der Waals surface area (Å²) in [6.45, 7) is 6.00. The van der Waals surface area contributed by atoms with Gasteiger partial charge in [-0.1, -0.05) is 6.92 Å². The summed E-state index contributed by atoms with van der Waals surface area (Å²) in [6, 6.07) is 2.14. The number of nitriles is 1. The molecule has 0 spiro atoms. The molecule has 0 bridgehead atoms. The Hall–Kier alpha value is -1.24. The highest BCUT2D eigenvalue weighted by Gasteiger charge is 2.35. The average Bonchev–Trinajstić information content (AvgIpc) is 2.21. The molecule has 2 N–H and O–H groups in total. The summed E-state index contributed by atoms with van der Waals surface area (Å²) in [6.07, 6.45) is 3.54. The lowest BCUT2D eigenvalue weighted by molar-refractivity contribution is 0.210. The van der Waals surface area contributed by atoms with Crippen LogP contribution in [0.25, 0.3) is 0 Å². The highest BCUT2D eigenvalue weighted by Crippen LogP contribution is 2.31. The molecule has 16 heavy (non-hydrogen) atoms. The van der Waals surface area contributed by atoms with Crippen molar-refractivity contribution in [1.82, 2.24) is 10.6 Å². The van der Waals surface area contributed by atoms with E-state index in [4.69, 9.17) is 0 Å². The molecule has 0 aromatic heterocycles. The van der Waals surface area contributed by atoms with Crippen LogP contribution in [0.2, 0.25) is 0 Å². The molecule has 4 nitrogen and oxygen atoms in total. The average molecular weight is 223 g/mol. The standard InChI is InChI=1S/C12H21N3O/c1-9(2)14-11(16)15-12(8-13)6-4-10(3)5-7-12/h9-10H,4-7H2,1-3H3,(H2,14,15,16). The van der Waals surface area contributed by atoms with Crippen molar-refractivity contribution in [3.05, 3.63) is 0 Å². The predicted molar refractivity (Wildman–Crippen MR) is 62.8 cm³/mol. The Balaban J connectivity index is 2.55. The minimum absolute atomic E-state index is 0.0956. The number of rotatable bonds is 2. The fourth-order valence-electron chi connectivity index (χ4n) is 2.04. The van der Waals surface area contributed by atoms with Crippen molar-refractivity contribution < 1.29 is 4.79 Å². The summed E-state index contributed by atoms with van der Waals surface area (Å²) >= 11 is 0. The van der Waals surface area contributed by atoms with Crippen molar-refractivity contribution in [2.45, 2.75) is 58.0 Å². The third kappa shape index (κ3) is 3.41. The normalized spacial score (nSPS) is 29.6. The van der Waals surface area contributed by atoms with Gasteiger partial charge in [0.1, 0.15) is 5.54 Å². The van der Waals surface area contributed by atoms with E-state index in [0.29, 0.717) is 5.92 Å². The molecular formula is C12H21N3O. The lowest BCUT2D eigenvalue weighted by Gasteiger charge is -2.34. The van der Waals surface area contributed by atoms with E-state index in [9.17, 15) is 10.1 Å². The van der Waals surface area contributed by atoms with Crippen LogP contribution in [0.4, 0.5) is 4.79 Å². The van der Waals surface area contributed by atoms with E-state index in [1.165, 1.54) is 0 Å². The molecule has 0 unspecified atom stereocenters. The largest absolute Gasteiger partial charge is 0.336 e. The number of nitrogens with one attached hydrogen (secondary N) is 2. The van der Waals surface area contributed by atoms with Crippen LogP contribution in [0.15, 0.2) is 0 Å². The molecule has 1 aliphatic rings. The Morgan fingerprint density at radius 2 is 2.00 bits per heavy atom. The van der Waals surface area contributed by atoms with Crippen molar-refractivity contribution in [3.8, 4) is 6.07 Å². The minimum atomic E-state index is -0.647. The third-order valence-corrected chi connectivity index (χ3v) is 3.11. The first-order valence-electron chi connectivity index (χ1n) is 5.97. The maximum absolute atomic E-state index is 11.6. The third-order valence-electron chi connectivity index (χ3n) is 3.11. The van der Waals surface area contributed by atoms with Crippen molar-refractivity contribution in [2.75, 3.05) is 0 Å². The van der Waals surface area contributed by atoms with E-state index < -0.39 is 5.54 Å². The highest BCUT2D eigenvalue weighted by atomic mass is 16.2. The SMILES string of the molecule is CC1CCC(C#N)(NC(=O)NC(C)C)CC1. The Labute approximate surface area is 97.4 Å². The smallest absolute Gasteiger partial charge is 0.316 e. The zero-order valence-corrected chi connectivity index (χ0v) is 10.3. The number of carbonyl (C=O) groups is 1. The number of urea groups is 1. The highest BCUT2D eigenvalue weighted by molar-refractivity contribution is 5.75. The zero-order valence-electron chi connectivity index (χ0n) is 10.3. The summed E-state index contributed by atoms with van der Waals surface area (Å²) < 4.78 is 0. The van der Waals surface area contributed by atoms with Crippen LogP contribution >= 0.6 is 0 Å². The van der Waals surface area contributed by atoms with Crippen molar-refractivity contribution >= 4 is 6.03 Å². The molecule has 0 heterocycles. The second-order valence-corrected chi connectivity index (χ2v) is 5.13. The van der Waals surface area contributed by atoms with Gasteiger partial charge < -0.3 is 10.6 Å². The lowest BCUT2D eigenvalue weighted by atomic mass is 9.78. The number of hydrogen-bond acceptors (Lipinski definition) is 2. The fourth-order valence-corrected chi connectivity index (χ4v) is 2.04. The van der Waals surface area contributed by atoms with Gasteiger partial charge in [-0.05, 0) is 45.4 Å². The van der Waals surface area contributed by atoms with Gasteiger partial charge in [0, 0.05) is 6.04 Å². The second kappa shape index (κ2) is 5.20. The van der Waals surface area contributed by atoms with Gasteiger partial charge in [-0.15, -0.1) is 0 Å². The Morgan fingerprint density at radius 3 is 2.44 bits per heavy atom. The van der Waals surface area contributed by atoms with Crippen LogP contribution in [0, 0.1) is 17.2 Å². The number of nitrogens with zero attached hydrogens (tertiary/aromatic N) is 1. The topological polar surface area (TPSA) is 64.9 Å². The second-order valence-electron chi connectivity index (χ2n) is 5.13. The van der Waals surface area contributed by atoms with E-state index in [0.717, 1.165) is 25.7 Å². The minimum Gasteiger partial charge on any atom is -0.336 e. The summed E-state index contributed by atoms with van der Waals surface area (Å²) in [4.78, 5) is 11.6. The van der Waals surface area contributed by atoms with Crippen molar-refractivity contribution in [2.24, 2.45) is 5.92 Å². The molecule has 4 heteroatoms. The molecular weight excluding hydrogens is 202 g/mol. The zero-order chi connectivity index (χ0) is 12.2. The molecule has 0 aromatic carbocycles. The van der Waals surface area contributed by atoms with Gasteiger partial charge in [0.15, 0.2) is 0 Å². The van der Waals surface area contributed by atoms with Gasteiger partial charge in [-0.3, -0.25) is 0 Å². The maximum atomic E-state index is 11.6.